The van der Waals surface area contributed by atoms with E-state index in [1.54, 1.807) is 24.4 Å². The maximum absolute atomic E-state index is 12.6. The molecule has 1 fully saturated rings. The summed E-state index contributed by atoms with van der Waals surface area (Å²) in [4.78, 5) is 19.9. The standard InChI is InChI=1S/C20H18F3N5O2/c21-20(22,23)30-12-3-1-2-11(6-12)14-7-25-9-17(14)28-16-5-4-13(19(24)29)18-15(16)8-26-10-27-18/h1-6,8,10,14,17,25,28H,7,9H2,(H2,24,29). The number of fused-ring (bicyclic) bond motifs is 1. The van der Waals surface area contributed by atoms with E-state index in [0.717, 1.165) is 0 Å². The number of ether oxygens (including phenoxy) is 1. The van der Waals surface area contributed by atoms with Crippen LogP contribution in [0.4, 0.5) is 18.9 Å². The molecule has 0 aliphatic carbocycles. The predicted octanol–water partition coefficient (Wildman–Crippen LogP) is 2.79. The summed E-state index contributed by atoms with van der Waals surface area (Å²) in [5, 5.41) is 7.30. The third-order valence-electron chi connectivity index (χ3n) is 5.01. The third kappa shape index (κ3) is 4.13. The Kier molecular flexibility index (Phi) is 5.17. The Morgan fingerprint density at radius 2 is 2.07 bits per heavy atom. The van der Waals surface area contributed by atoms with Crippen LogP contribution in [0.25, 0.3) is 10.9 Å². The van der Waals surface area contributed by atoms with E-state index in [0.29, 0.717) is 35.2 Å². The van der Waals surface area contributed by atoms with Crippen molar-refractivity contribution in [1.82, 2.24) is 15.3 Å². The number of halogens is 3. The van der Waals surface area contributed by atoms with Gasteiger partial charge in [0.25, 0.3) is 5.91 Å². The van der Waals surface area contributed by atoms with Gasteiger partial charge in [0.1, 0.15) is 12.1 Å². The molecule has 3 aromatic rings. The van der Waals surface area contributed by atoms with E-state index < -0.39 is 12.3 Å². The van der Waals surface area contributed by atoms with Gasteiger partial charge < -0.3 is 21.1 Å². The van der Waals surface area contributed by atoms with Crippen molar-refractivity contribution in [3.05, 3.63) is 60.0 Å². The minimum absolute atomic E-state index is 0.0997. The van der Waals surface area contributed by atoms with Gasteiger partial charge in [0, 0.05) is 42.3 Å². The monoisotopic (exact) mass is 417 g/mol. The molecule has 2 aromatic carbocycles. The number of amides is 1. The van der Waals surface area contributed by atoms with E-state index in [2.05, 4.69) is 25.3 Å². The molecule has 156 valence electrons. The van der Waals surface area contributed by atoms with Crippen molar-refractivity contribution in [2.75, 3.05) is 18.4 Å². The molecule has 1 amide bonds. The van der Waals surface area contributed by atoms with Gasteiger partial charge in [0.05, 0.1) is 11.1 Å². The van der Waals surface area contributed by atoms with Crippen LogP contribution in [0.1, 0.15) is 21.8 Å². The molecule has 0 radical (unpaired) electrons. The lowest BCUT2D eigenvalue weighted by molar-refractivity contribution is -0.274. The van der Waals surface area contributed by atoms with Crippen LogP contribution < -0.4 is 21.1 Å². The third-order valence-corrected chi connectivity index (χ3v) is 5.01. The zero-order valence-corrected chi connectivity index (χ0v) is 15.6. The predicted molar refractivity (Wildman–Crippen MR) is 104 cm³/mol. The number of aromatic nitrogens is 2. The molecule has 7 nitrogen and oxygen atoms in total. The highest BCUT2D eigenvalue weighted by molar-refractivity contribution is 6.07. The summed E-state index contributed by atoms with van der Waals surface area (Å²) in [6.07, 6.45) is -1.82. The fourth-order valence-electron chi connectivity index (χ4n) is 3.72. The zero-order chi connectivity index (χ0) is 21.3. The smallest absolute Gasteiger partial charge is 0.406 e. The Balaban J connectivity index is 1.62. The number of primary amides is 1. The van der Waals surface area contributed by atoms with E-state index in [9.17, 15) is 18.0 Å². The van der Waals surface area contributed by atoms with Crippen LogP contribution in [0, 0.1) is 0 Å². The largest absolute Gasteiger partial charge is 0.573 e. The maximum Gasteiger partial charge on any atom is 0.573 e. The van der Waals surface area contributed by atoms with Gasteiger partial charge in [-0.05, 0) is 29.8 Å². The highest BCUT2D eigenvalue weighted by atomic mass is 19.4. The van der Waals surface area contributed by atoms with Crippen molar-refractivity contribution in [1.29, 1.82) is 0 Å². The number of nitrogens with zero attached hydrogens (tertiary/aromatic N) is 2. The van der Waals surface area contributed by atoms with Crippen molar-refractivity contribution in [3.63, 3.8) is 0 Å². The molecule has 1 aliphatic heterocycles. The number of hydrogen-bond acceptors (Lipinski definition) is 6. The number of nitrogens with two attached hydrogens (primary N) is 1. The molecule has 1 saturated heterocycles. The molecular weight excluding hydrogens is 399 g/mol. The van der Waals surface area contributed by atoms with Crippen molar-refractivity contribution >= 4 is 22.5 Å². The Morgan fingerprint density at radius 3 is 2.83 bits per heavy atom. The number of anilines is 1. The van der Waals surface area contributed by atoms with Crippen LogP contribution in [0.5, 0.6) is 5.75 Å². The van der Waals surface area contributed by atoms with Crippen molar-refractivity contribution < 1.29 is 22.7 Å². The Bertz CT molecular complexity index is 1090. The first kappa shape index (κ1) is 19.9. The lowest BCUT2D eigenvalue weighted by Crippen LogP contribution is -2.27. The zero-order valence-electron chi connectivity index (χ0n) is 15.6. The number of carbonyl (C=O) groups excluding carboxylic acids is 1. The van der Waals surface area contributed by atoms with Crippen LogP contribution in [0.2, 0.25) is 0 Å². The quantitative estimate of drug-likeness (QED) is 0.590. The van der Waals surface area contributed by atoms with Crippen LogP contribution in [0.3, 0.4) is 0 Å². The topological polar surface area (TPSA) is 102 Å². The number of carbonyl (C=O) groups is 1. The lowest BCUT2D eigenvalue weighted by Gasteiger charge is -2.23. The molecule has 0 bridgehead atoms. The number of alkyl halides is 3. The van der Waals surface area contributed by atoms with E-state index in [1.165, 1.54) is 24.5 Å². The Morgan fingerprint density at radius 1 is 1.23 bits per heavy atom. The molecule has 1 aliphatic rings. The van der Waals surface area contributed by atoms with E-state index in [-0.39, 0.29) is 23.3 Å². The van der Waals surface area contributed by atoms with Gasteiger partial charge >= 0.3 is 6.36 Å². The van der Waals surface area contributed by atoms with Crippen LogP contribution in [0.15, 0.2) is 48.9 Å². The van der Waals surface area contributed by atoms with Crippen molar-refractivity contribution in [2.24, 2.45) is 5.73 Å². The van der Waals surface area contributed by atoms with Gasteiger partial charge in [-0.2, -0.15) is 0 Å². The molecule has 4 N–H and O–H groups in total. The number of hydrogen-bond donors (Lipinski definition) is 3. The molecule has 2 unspecified atom stereocenters. The SMILES string of the molecule is NC(=O)c1ccc(NC2CNCC2c2cccc(OC(F)(F)F)c2)c2cncnc12. The second kappa shape index (κ2) is 7.79. The van der Waals surface area contributed by atoms with Crippen molar-refractivity contribution in [2.45, 2.75) is 18.3 Å². The Labute approximate surface area is 169 Å². The highest BCUT2D eigenvalue weighted by Gasteiger charge is 2.33. The van der Waals surface area contributed by atoms with Gasteiger partial charge in [-0.15, -0.1) is 13.2 Å². The van der Waals surface area contributed by atoms with Gasteiger partial charge in [-0.1, -0.05) is 12.1 Å². The van der Waals surface area contributed by atoms with Gasteiger partial charge in [0.15, 0.2) is 0 Å². The second-order valence-electron chi connectivity index (χ2n) is 6.95. The van der Waals surface area contributed by atoms with Crippen LogP contribution in [-0.4, -0.2) is 41.4 Å². The fourth-order valence-corrected chi connectivity index (χ4v) is 3.72. The minimum Gasteiger partial charge on any atom is -0.406 e. The molecule has 0 spiro atoms. The molecule has 10 heteroatoms. The summed E-state index contributed by atoms with van der Waals surface area (Å²) in [6, 6.07) is 9.18. The van der Waals surface area contributed by atoms with Gasteiger partial charge in [0.2, 0.25) is 0 Å². The fraction of sp³-hybridized carbons (Fsp3) is 0.250. The summed E-state index contributed by atoms with van der Waals surface area (Å²) in [7, 11) is 0. The first-order chi connectivity index (χ1) is 14.3. The average Bonchev–Trinajstić information content (AvgIpc) is 3.15. The van der Waals surface area contributed by atoms with Crippen molar-refractivity contribution in [3.8, 4) is 5.75 Å². The van der Waals surface area contributed by atoms with E-state index >= 15 is 0 Å². The number of benzene rings is 2. The lowest BCUT2D eigenvalue weighted by atomic mass is 9.93. The normalized spacial score (nSPS) is 19.0. The first-order valence-electron chi connectivity index (χ1n) is 9.17. The molecule has 2 heterocycles. The van der Waals surface area contributed by atoms with Crippen LogP contribution in [-0.2, 0) is 0 Å². The minimum atomic E-state index is -4.74. The maximum atomic E-state index is 12.6. The number of rotatable bonds is 5. The molecule has 2 atom stereocenters. The summed E-state index contributed by atoms with van der Waals surface area (Å²) in [6.45, 7) is 1.18. The summed E-state index contributed by atoms with van der Waals surface area (Å²) in [5.74, 6) is -0.945. The summed E-state index contributed by atoms with van der Waals surface area (Å²) in [5.41, 5.74) is 7.57. The molecule has 0 saturated carbocycles. The van der Waals surface area contributed by atoms with E-state index in [1.807, 2.05) is 0 Å². The second-order valence-corrected chi connectivity index (χ2v) is 6.95. The van der Waals surface area contributed by atoms with Gasteiger partial charge in [-0.25, -0.2) is 9.97 Å². The first-order valence-corrected chi connectivity index (χ1v) is 9.17. The molecule has 4 rings (SSSR count). The molecular formula is C20H18F3N5O2. The van der Waals surface area contributed by atoms with Gasteiger partial charge in [-0.3, -0.25) is 4.79 Å². The highest BCUT2D eigenvalue weighted by Crippen LogP contribution is 2.32. The summed E-state index contributed by atoms with van der Waals surface area (Å²) >= 11 is 0. The molecule has 1 aromatic heterocycles. The number of nitrogens with one attached hydrogen (secondary N) is 2. The average molecular weight is 417 g/mol. The van der Waals surface area contributed by atoms with E-state index in [4.69, 9.17) is 5.73 Å². The summed E-state index contributed by atoms with van der Waals surface area (Å²) < 4.78 is 41.7. The van der Waals surface area contributed by atoms with Crippen LogP contribution >= 0.6 is 0 Å². The molecule has 30 heavy (non-hydrogen) atoms. The Hall–Kier alpha value is -3.40.